The van der Waals surface area contributed by atoms with E-state index in [1.54, 1.807) is 0 Å². The fourth-order valence-corrected chi connectivity index (χ4v) is 3.31. The monoisotopic (exact) mass is 345 g/mol. The predicted octanol–water partition coefficient (Wildman–Crippen LogP) is 1.78. The van der Waals surface area contributed by atoms with Crippen LogP contribution in [0.4, 0.5) is 5.69 Å². The van der Waals surface area contributed by atoms with E-state index in [4.69, 9.17) is 4.74 Å². The summed E-state index contributed by atoms with van der Waals surface area (Å²) in [5, 5.41) is 18.0. The number of rotatable bonds is 4. The lowest BCUT2D eigenvalue weighted by atomic mass is 9.93. The minimum absolute atomic E-state index is 0.00342. The molecule has 25 heavy (non-hydrogen) atoms. The largest absolute Gasteiger partial charge is 0.477 e. The number of hydrogen-bond donors (Lipinski definition) is 2. The molecule has 2 heterocycles. The second-order valence-electron chi connectivity index (χ2n) is 7.06. The van der Waals surface area contributed by atoms with Crippen LogP contribution in [-0.2, 0) is 14.3 Å². The number of para-hydroxylation sites is 1. The lowest BCUT2D eigenvalue weighted by molar-refractivity contribution is -0.129. The van der Waals surface area contributed by atoms with Crippen LogP contribution in [0.25, 0.3) is 0 Å². The van der Waals surface area contributed by atoms with Crippen LogP contribution in [0, 0.1) is 0 Å². The van der Waals surface area contributed by atoms with Crippen molar-refractivity contribution in [2.75, 3.05) is 11.6 Å². The molecule has 1 aromatic carbocycles. The lowest BCUT2D eigenvalue weighted by Gasteiger charge is -2.36. The molecule has 2 aliphatic heterocycles. The van der Waals surface area contributed by atoms with Crippen molar-refractivity contribution in [2.24, 2.45) is 5.10 Å². The molecule has 2 atom stereocenters. The standard InChI is InChI=1S/C18H23N3O4/c1-18(2)11-12(8-9-25-18)19-16(22)15-10-14(17(23)24)20-21(15)13-6-4-3-5-7-13/h3-7,12,15H,8-11H2,1-2H3,(H,19,22)(H,23,24). The maximum Gasteiger partial charge on any atom is 0.352 e. The number of nitrogens with one attached hydrogen (secondary N) is 1. The first kappa shape index (κ1) is 17.4. The van der Waals surface area contributed by atoms with Gasteiger partial charge in [-0.25, -0.2) is 4.79 Å². The molecule has 7 heteroatoms. The molecule has 0 bridgehead atoms. The molecule has 2 N–H and O–H groups in total. The van der Waals surface area contributed by atoms with E-state index in [0.29, 0.717) is 12.3 Å². The summed E-state index contributed by atoms with van der Waals surface area (Å²) >= 11 is 0. The molecule has 1 saturated heterocycles. The summed E-state index contributed by atoms with van der Waals surface area (Å²) in [6, 6.07) is 8.51. The number of carbonyl (C=O) groups is 2. The zero-order valence-electron chi connectivity index (χ0n) is 14.4. The Bertz CT molecular complexity index is 687. The highest BCUT2D eigenvalue weighted by atomic mass is 16.5. The summed E-state index contributed by atoms with van der Waals surface area (Å²) < 4.78 is 5.68. The van der Waals surface area contributed by atoms with Crippen molar-refractivity contribution in [3.63, 3.8) is 0 Å². The third-order valence-corrected chi connectivity index (χ3v) is 4.52. The summed E-state index contributed by atoms with van der Waals surface area (Å²) in [6.45, 7) is 4.60. The number of nitrogens with zero attached hydrogens (tertiary/aromatic N) is 2. The second-order valence-corrected chi connectivity index (χ2v) is 7.06. The Morgan fingerprint density at radius 1 is 1.32 bits per heavy atom. The van der Waals surface area contributed by atoms with Crippen molar-refractivity contribution in [1.82, 2.24) is 5.32 Å². The lowest BCUT2D eigenvalue weighted by Crippen LogP contribution is -2.51. The third-order valence-electron chi connectivity index (χ3n) is 4.52. The minimum atomic E-state index is -1.09. The Labute approximate surface area is 146 Å². The minimum Gasteiger partial charge on any atom is -0.477 e. The molecule has 2 aliphatic rings. The van der Waals surface area contributed by atoms with Gasteiger partial charge in [0.05, 0.1) is 11.3 Å². The highest BCUT2D eigenvalue weighted by Gasteiger charge is 2.38. The molecule has 1 amide bonds. The Balaban J connectivity index is 1.75. The van der Waals surface area contributed by atoms with E-state index in [0.717, 1.165) is 12.8 Å². The highest BCUT2D eigenvalue weighted by molar-refractivity contribution is 6.37. The number of carboxylic acids is 1. The van der Waals surface area contributed by atoms with Crippen LogP contribution in [0.2, 0.25) is 0 Å². The van der Waals surface area contributed by atoms with Gasteiger partial charge in [0, 0.05) is 19.1 Å². The number of aliphatic carboxylic acids is 1. The van der Waals surface area contributed by atoms with Gasteiger partial charge in [0.2, 0.25) is 5.91 Å². The van der Waals surface area contributed by atoms with Gasteiger partial charge < -0.3 is 15.2 Å². The van der Waals surface area contributed by atoms with Crippen LogP contribution >= 0.6 is 0 Å². The normalized spacial score (nSPS) is 25.4. The first-order valence-corrected chi connectivity index (χ1v) is 8.45. The molecule has 0 radical (unpaired) electrons. The molecule has 0 aliphatic carbocycles. The quantitative estimate of drug-likeness (QED) is 0.868. The maximum absolute atomic E-state index is 12.8. The number of benzene rings is 1. The molecule has 2 unspecified atom stereocenters. The highest BCUT2D eigenvalue weighted by Crippen LogP contribution is 2.27. The Morgan fingerprint density at radius 3 is 2.68 bits per heavy atom. The molecular weight excluding hydrogens is 322 g/mol. The van der Waals surface area contributed by atoms with Gasteiger partial charge in [-0.05, 0) is 38.8 Å². The van der Waals surface area contributed by atoms with Gasteiger partial charge in [0.25, 0.3) is 0 Å². The molecule has 3 rings (SSSR count). The van der Waals surface area contributed by atoms with Gasteiger partial charge in [-0.1, -0.05) is 18.2 Å². The molecule has 7 nitrogen and oxygen atoms in total. The van der Waals surface area contributed by atoms with Crippen LogP contribution in [0.15, 0.2) is 35.4 Å². The second kappa shape index (κ2) is 6.84. The fourth-order valence-electron chi connectivity index (χ4n) is 3.31. The van der Waals surface area contributed by atoms with Gasteiger partial charge in [-0.3, -0.25) is 9.80 Å². The predicted molar refractivity (Wildman–Crippen MR) is 93.6 cm³/mol. The number of anilines is 1. The zero-order chi connectivity index (χ0) is 18.0. The first-order valence-electron chi connectivity index (χ1n) is 8.45. The van der Waals surface area contributed by atoms with Crippen molar-refractivity contribution in [3.8, 4) is 0 Å². The summed E-state index contributed by atoms with van der Waals surface area (Å²) in [4.78, 5) is 24.1. The average Bonchev–Trinajstić information content (AvgIpc) is 3.00. The molecule has 0 aromatic heterocycles. The van der Waals surface area contributed by atoms with Crippen LogP contribution < -0.4 is 10.3 Å². The molecular formula is C18H23N3O4. The Kier molecular flexibility index (Phi) is 4.76. The average molecular weight is 345 g/mol. The van der Waals surface area contributed by atoms with E-state index < -0.39 is 12.0 Å². The van der Waals surface area contributed by atoms with Gasteiger partial charge in [-0.2, -0.15) is 5.10 Å². The number of ether oxygens (including phenoxy) is 1. The summed E-state index contributed by atoms with van der Waals surface area (Å²) in [7, 11) is 0. The van der Waals surface area contributed by atoms with E-state index in [2.05, 4.69) is 10.4 Å². The molecule has 134 valence electrons. The SMILES string of the molecule is CC1(C)CC(NC(=O)C2CC(C(=O)O)=NN2c2ccccc2)CCO1. The molecule has 0 saturated carbocycles. The molecule has 1 fully saturated rings. The van der Waals surface area contributed by atoms with Crippen LogP contribution in [0.1, 0.15) is 33.1 Å². The van der Waals surface area contributed by atoms with Crippen molar-refractivity contribution in [2.45, 2.75) is 50.8 Å². The topological polar surface area (TPSA) is 91.2 Å². The van der Waals surface area contributed by atoms with Crippen LogP contribution in [-0.4, -0.2) is 47.0 Å². The van der Waals surface area contributed by atoms with E-state index in [9.17, 15) is 14.7 Å². The third kappa shape index (κ3) is 3.99. The van der Waals surface area contributed by atoms with Gasteiger partial charge >= 0.3 is 5.97 Å². The zero-order valence-corrected chi connectivity index (χ0v) is 14.4. The summed E-state index contributed by atoms with van der Waals surface area (Å²) in [5.41, 5.74) is 0.427. The fraction of sp³-hybridized carbons (Fsp3) is 0.500. The summed E-state index contributed by atoms with van der Waals surface area (Å²) in [6.07, 6.45) is 1.56. The Morgan fingerprint density at radius 2 is 2.04 bits per heavy atom. The van der Waals surface area contributed by atoms with Crippen molar-refractivity contribution in [1.29, 1.82) is 0 Å². The number of amides is 1. The maximum atomic E-state index is 12.8. The van der Waals surface area contributed by atoms with Crippen molar-refractivity contribution >= 4 is 23.3 Å². The van der Waals surface area contributed by atoms with Crippen LogP contribution in [0.3, 0.4) is 0 Å². The smallest absolute Gasteiger partial charge is 0.352 e. The number of hydrogen-bond acceptors (Lipinski definition) is 5. The Hall–Kier alpha value is -2.41. The van der Waals surface area contributed by atoms with E-state index in [1.165, 1.54) is 5.01 Å². The number of carboxylic acid groups (broad SMARTS) is 1. The van der Waals surface area contributed by atoms with Gasteiger partial charge in [0.15, 0.2) is 0 Å². The van der Waals surface area contributed by atoms with E-state index >= 15 is 0 Å². The summed E-state index contributed by atoms with van der Waals surface area (Å²) in [5.74, 6) is -1.30. The van der Waals surface area contributed by atoms with Crippen molar-refractivity contribution < 1.29 is 19.4 Å². The van der Waals surface area contributed by atoms with Crippen LogP contribution in [0.5, 0.6) is 0 Å². The number of carbonyl (C=O) groups excluding carboxylic acids is 1. The van der Waals surface area contributed by atoms with E-state index in [-0.39, 0.29) is 29.7 Å². The van der Waals surface area contributed by atoms with Crippen molar-refractivity contribution in [3.05, 3.63) is 30.3 Å². The molecule has 0 spiro atoms. The van der Waals surface area contributed by atoms with E-state index in [1.807, 2.05) is 44.2 Å². The van der Waals surface area contributed by atoms with Gasteiger partial charge in [-0.15, -0.1) is 0 Å². The number of hydrazone groups is 1. The molecule has 1 aromatic rings. The first-order chi connectivity index (χ1) is 11.9. The van der Waals surface area contributed by atoms with Gasteiger partial charge in [0.1, 0.15) is 11.8 Å².